The van der Waals surface area contributed by atoms with Crippen molar-refractivity contribution in [3.8, 4) is 0 Å². The van der Waals surface area contributed by atoms with Gasteiger partial charge in [0.2, 0.25) is 0 Å². The van der Waals surface area contributed by atoms with Crippen LogP contribution in [-0.2, 0) is 16.0 Å². The fraction of sp³-hybridized carbons (Fsp3) is 0.654. The Morgan fingerprint density at radius 2 is 1.36 bits per heavy atom. The Labute approximate surface area is 173 Å². The molecule has 158 valence electrons. The maximum atomic E-state index is 11.7. The van der Waals surface area contributed by atoms with E-state index in [0.29, 0.717) is 13.0 Å². The quantitative estimate of drug-likeness (QED) is 0.146. The smallest absolute Gasteiger partial charge is 0.305 e. The highest BCUT2D eigenvalue weighted by molar-refractivity contribution is 5.69. The van der Waals surface area contributed by atoms with Crippen LogP contribution in [0.25, 0.3) is 0 Å². The van der Waals surface area contributed by atoms with Gasteiger partial charge in [0.25, 0.3) is 0 Å². The van der Waals surface area contributed by atoms with Crippen LogP contribution < -0.4 is 0 Å². The second-order valence-electron chi connectivity index (χ2n) is 7.79. The summed E-state index contributed by atoms with van der Waals surface area (Å²) in [6.07, 6.45) is 22.7. The maximum Gasteiger partial charge on any atom is 0.305 e. The molecule has 0 heterocycles. The van der Waals surface area contributed by atoms with Gasteiger partial charge in [0.05, 0.1) is 6.61 Å². The van der Waals surface area contributed by atoms with E-state index >= 15 is 0 Å². The van der Waals surface area contributed by atoms with Gasteiger partial charge in [0.15, 0.2) is 0 Å². The number of hydrogen-bond donors (Lipinski definition) is 0. The first kappa shape index (κ1) is 24.5. The summed E-state index contributed by atoms with van der Waals surface area (Å²) >= 11 is 0. The van der Waals surface area contributed by atoms with Crippen LogP contribution in [0, 0.1) is 0 Å². The zero-order valence-corrected chi connectivity index (χ0v) is 18.2. The van der Waals surface area contributed by atoms with Crippen LogP contribution in [0.1, 0.15) is 102 Å². The first-order valence-electron chi connectivity index (χ1n) is 11.7. The normalized spacial score (nSPS) is 11.2. The van der Waals surface area contributed by atoms with Crippen molar-refractivity contribution < 1.29 is 9.53 Å². The lowest BCUT2D eigenvalue weighted by Gasteiger charge is -2.04. The van der Waals surface area contributed by atoms with Gasteiger partial charge in [0.1, 0.15) is 0 Å². The minimum absolute atomic E-state index is 0.0606. The van der Waals surface area contributed by atoms with E-state index in [1.54, 1.807) is 0 Å². The van der Waals surface area contributed by atoms with E-state index in [1.807, 2.05) is 18.2 Å². The average molecular weight is 387 g/mol. The summed E-state index contributed by atoms with van der Waals surface area (Å²) in [5.41, 5.74) is 1.22. The predicted molar refractivity (Wildman–Crippen MR) is 121 cm³/mol. The lowest BCUT2D eigenvalue weighted by molar-refractivity contribution is -0.143. The van der Waals surface area contributed by atoms with Crippen LogP contribution in [0.2, 0.25) is 0 Å². The molecule has 0 unspecified atom stereocenters. The van der Waals surface area contributed by atoms with Gasteiger partial charge in [-0.1, -0.05) is 101 Å². The third-order valence-corrected chi connectivity index (χ3v) is 5.14. The summed E-state index contributed by atoms with van der Waals surface area (Å²) in [5, 5.41) is 0. The number of benzene rings is 1. The van der Waals surface area contributed by atoms with Gasteiger partial charge in [-0.2, -0.15) is 0 Å². The standard InChI is InChI=1S/C26H42O2/c1-2-3-4-5-6-7-8-9-10-11-12-13-14-15-19-22-26(27)28-24-23-25-20-17-16-18-21-25/h12-13,16-18,20-21H,2-11,14-15,19,22-24H2,1H3/b13-12-. The topological polar surface area (TPSA) is 26.3 Å². The predicted octanol–water partition coefficient (Wildman–Crippen LogP) is 7.81. The molecule has 0 aliphatic heterocycles. The van der Waals surface area contributed by atoms with Crippen LogP contribution in [0.4, 0.5) is 0 Å². The van der Waals surface area contributed by atoms with Crippen molar-refractivity contribution in [3.63, 3.8) is 0 Å². The summed E-state index contributed by atoms with van der Waals surface area (Å²) in [6.45, 7) is 2.76. The van der Waals surface area contributed by atoms with E-state index in [1.165, 1.54) is 69.8 Å². The Hall–Kier alpha value is -1.57. The Morgan fingerprint density at radius 3 is 2.00 bits per heavy atom. The maximum absolute atomic E-state index is 11.7. The van der Waals surface area contributed by atoms with Crippen LogP contribution >= 0.6 is 0 Å². The molecule has 2 heteroatoms. The van der Waals surface area contributed by atoms with Crippen molar-refractivity contribution in [1.82, 2.24) is 0 Å². The Morgan fingerprint density at radius 1 is 0.786 bits per heavy atom. The van der Waals surface area contributed by atoms with E-state index < -0.39 is 0 Å². The third-order valence-electron chi connectivity index (χ3n) is 5.14. The molecular formula is C26H42O2. The monoisotopic (exact) mass is 386 g/mol. The highest BCUT2D eigenvalue weighted by Crippen LogP contribution is 2.11. The second kappa shape index (κ2) is 18.8. The average Bonchev–Trinajstić information content (AvgIpc) is 2.71. The van der Waals surface area contributed by atoms with Crippen molar-refractivity contribution in [1.29, 1.82) is 0 Å². The van der Waals surface area contributed by atoms with E-state index in [2.05, 4.69) is 31.2 Å². The van der Waals surface area contributed by atoms with E-state index in [0.717, 1.165) is 25.7 Å². The molecule has 0 bridgehead atoms. The van der Waals surface area contributed by atoms with Crippen LogP contribution in [0.3, 0.4) is 0 Å². The van der Waals surface area contributed by atoms with Crippen LogP contribution in [-0.4, -0.2) is 12.6 Å². The fourth-order valence-corrected chi connectivity index (χ4v) is 3.34. The molecule has 28 heavy (non-hydrogen) atoms. The molecule has 0 fully saturated rings. The van der Waals surface area contributed by atoms with Gasteiger partial charge in [0, 0.05) is 12.8 Å². The SMILES string of the molecule is CCCCCCCCCCC/C=C\CCCCC(=O)OCCc1ccccc1. The lowest BCUT2D eigenvalue weighted by Crippen LogP contribution is -2.07. The van der Waals surface area contributed by atoms with E-state index in [9.17, 15) is 4.79 Å². The molecule has 0 atom stereocenters. The number of carbonyl (C=O) groups excluding carboxylic acids is 1. The molecule has 0 N–H and O–H groups in total. The van der Waals surface area contributed by atoms with Gasteiger partial charge < -0.3 is 4.74 Å². The van der Waals surface area contributed by atoms with Crippen LogP contribution in [0.15, 0.2) is 42.5 Å². The summed E-state index contributed by atoms with van der Waals surface area (Å²) < 4.78 is 5.31. The molecule has 0 saturated heterocycles. The Bertz CT molecular complexity index is 492. The Balaban J connectivity index is 1.81. The number of rotatable bonds is 18. The molecule has 1 rings (SSSR count). The number of unbranched alkanes of at least 4 members (excludes halogenated alkanes) is 11. The first-order valence-corrected chi connectivity index (χ1v) is 11.7. The summed E-state index contributed by atoms with van der Waals surface area (Å²) in [7, 11) is 0. The molecule has 0 spiro atoms. The minimum Gasteiger partial charge on any atom is -0.465 e. The molecule has 2 nitrogen and oxygen atoms in total. The molecular weight excluding hydrogens is 344 g/mol. The molecule has 0 aliphatic carbocycles. The van der Waals surface area contributed by atoms with E-state index in [-0.39, 0.29) is 5.97 Å². The van der Waals surface area contributed by atoms with Crippen molar-refractivity contribution >= 4 is 5.97 Å². The molecule has 0 aliphatic rings. The van der Waals surface area contributed by atoms with Gasteiger partial charge in [-0.3, -0.25) is 4.79 Å². The number of allylic oxidation sites excluding steroid dienone is 2. The Kier molecular flexibility index (Phi) is 16.4. The third kappa shape index (κ3) is 15.5. The van der Waals surface area contributed by atoms with Crippen LogP contribution in [0.5, 0.6) is 0 Å². The lowest BCUT2D eigenvalue weighted by atomic mass is 10.1. The zero-order valence-electron chi connectivity index (χ0n) is 18.2. The molecule has 1 aromatic carbocycles. The van der Waals surface area contributed by atoms with Gasteiger partial charge in [-0.05, 0) is 37.7 Å². The van der Waals surface area contributed by atoms with Crippen molar-refractivity contribution in [2.45, 2.75) is 103 Å². The van der Waals surface area contributed by atoms with Crippen molar-refractivity contribution in [2.24, 2.45) is 0 Å². The molecule has 0 aromatic heterocycles. The largest absolute Gasteiger partial charge is 0.465 e. The number of carbonyl (C=O) groups is 1. The molecule has 0 amide bonds. The van der Waals surface area contributed by atoms with Gasteiger partial charge in [-0.25, -0.2) is 0 Å². The summed E-state index contributed by atoms with van der Waals surface area (Å²) in [6, 6.07) is 10.2. The second-order valence-corrected chi connectivity index (χ2v) is 7.79. The first-order chi connectivity index (χ1) is 13.8. The fourth-order valence-electron chi connectivity index (χ4n) is 3.34. The van der Waals surface area contributed by atoms with Crippen molar-refractivity contribution in [3.05, 3.63) is 48.0 Å². The number of esters is 1. The minimum atomic E-state index is -0.0606. The van der Waals surface area contributed by atoms with E-state index in [4.69, 9.17) is 4.74 Å². The molecule has 1 aromatic rings. The van der Waals surface area contributed by atoms with Crippen molar-refractivity contribution in [2.75, 3.05) is 6.61 Å². The zero-order chi connectivity index (χ0) is 20.1. The molecule has 0 saturated carbocycles. The summed E-state index contributed by atoms with van der Waals surface area (Å²) in [4.78, 5) is 11.7. The van der Waals surface area contributed by atoms with Gasteiger partial charge >= 0.3 is 5.97 Å². The highest BCUT2D eigenvalue weighted by atomic mass is 16.5. The number of hydrogen-bond acceptors (Lipinski definition) is 2. The highest BCUT2D eigenvalue weighted by Gasteiger charge is 2.02. The molecule has 0 radical (unpaired) electrons. The number of ether oxygens (including phenoxy) is 1. The van der Waals surface area contributed by atoms with Gasteiger partial charge in [-0.15, -0.1) is 0 Å². The summed E-state index contributed by atoms with van der Waals surface area (Å²) in [5.74, 6) is -0.0606.